The van der Waals surface area contributed by atoms with Crippen LogP contribution >= 0.6 is 0 Å². The molecule has 1 fully saturated rings. The molecule has 0 radical (unpaired) electrons. The summed E-state index contributed by atoms with van der Waals surface area (Å²) in [5.74, 6) is -1.27. The summed E-state index contributed by atoms with van der Waals surface area (Å²) in [4.78, 5) is 15.5. The first-order valence-corrected chi connectivity index (χ1v) is 9.92. The number of nitrogens with one attached hydrogen (secondary N) is 1. The van der Waals surface area contributed by atoms with Crippen molar-refractivity contribution >= 4 is 11.7 Å². The molecule has 1 aliphatic carbocycles. The van der Waals surface area contributed by atoms with Gasteiger partial charge in [-0.1, -0.05) is 0 Å². The number of pyridine rings is 1. The molecule has 0 unspecified atom stereocenters. The maximum absolute atomic E-state index is 14.3. The number of carbonyl (C=O) groups excluding carboxylic acids is 1. The summed E-state index contributed by atoms with van der Waals surface area (Å²) in [7, 11) is 0. The molecule has 6 nitrogen and oxygen atoms in total. The van der Waals surface area contributed by atoms with Gasteiger partial charge in [0.2, 0.25) is 5.91 Å². The first-order chi connectivity index (χ1) is 15.6. The van der Waals surface area contributed by atoms with Crippen molar-refractivity contribution in [3.63, 3.8) is 0 Å². The van der Waals surface area contributed by atoms with Gasteiger partial charge in [-0.3, -0.25) is 9.78 Å². The van der Waals surface area contributed by atoms with Crippen molar-refractivity contribution in [1.82, 2.24) is 15.2 Å². The quantitative estimate of drug-likeness (QED) is 0.533. The normalized spacial score (nSPS) is 20.2. The summed E-state index contributed by atoms with van der Waals surface area (Å²) < 4.78 is 67.5. The predicted octanol–water partition coefficient (Wildman–Crippen LogP) is 4.28. The molecule has 3 N–H and O–H groups in total. The lowest BCUT2D eigenvalue weighted by Crippen LogP contribution is -2.49. The Morgan fingerprint density at radius 3 is 2.48 bits per heavy atom. The van der Waals surface area contributed by atoms with Crippen LogP contribution in [0.25, 0.3) is 11.3 Å². The van der Waals surface area contributed by atoms with Gasteiger partial charge in [0, 0.05) is 29.3 Å². The molecule has 4 rings (SSSR count). The highest BCUT2D eigenvalue weighted by Gasteiger charge is 2.48. The van der Waals surface area contributed by atoms with Crippen LogP contribution in [0.1, 0.15) is 34.5 Å². The molecule has 33 heavy (non-hydrogen) atoms. The van der Waals surface area contributed by atoms with Gasteiger partial charge in [-0.2, -0.15) is 13.2 Å². The summed E-state index contributed by atoms with van der Waals surface area (Å²) in [5, 5.41) is 10.9. The molecule has 0 spiro atoms. The van der Waals surface area contributed by atoms with Gasteiger partial charge in [0.1, 0.15) is 17.8 Å². The number of alkyl halides is 4. The number of primary amides is 1. The van der Waals surface area contributed by atoms with Crippen molar-refractivity contribution in [3.8, 4) is 11.3 Å². The lowest BCUT2D eigenvalue weighted by molar-refractivity contribution is -0.137. The molecule has 0 saturated heterocycles. The van der Waals surface area contributed by atoms with E-state index in [1.54, 1.807) is 0 Å². The first-order valence-electron chi connectivity index (χ1n) is 9.92. The van der Waals surface area contributed by atoms with E-state index in [2.05, 4.69) is 20.5 Å². The molecule has 3 aromatic rings. The van der Waals surface area contributed by atoms with Crippen LogP contribution in [-0.4, -0.2) is 33.8 Å². The minimum atomic E-state index is -4.68. The number of amides is 1. The van der Waals surface area contributed by atoms with Gasteiger partial charge >= 0.3 is 6.18 Å². The Hall–Kier alpha value is -3.63. The smallest absolute Gasteiger partial charge is 0.368 e. The number of hydrogen-bond donors (Lipinski definition) is 2. The van der Waals surface area contributed by atoms with E-state index in [4.69, 9.17) is 5.73 Å². The van der Waals surface area contributed by atoms with Gasteiger partial charge in [-0.25, -0.2) is 8.78 Å². The largest absolute Gasteiger partial charge is 0.416 e. The fraction of sp³-hybridized carbons (Fsp3) is 0.273. The van der Waals surface area contributed by atoms with Crippen molar-refractivity contribution in [2.45, 2.75) is 30.6 Å². The van der Waals surface area contributed by atoms with Crippen LogP contribution in [0.4, 0.5) is 27.8 Å². The SMILES string of the molecule is NC(=O)c1cc(-c2ccc(NCC3(c4ncccc4F)CC(F)C3)nn2)cc(C(F)(F)F)c1. The van der Waals surface area contributed by atoms with Crippen LogP contribution in [0, 0.1) is 5.82 Å². The lowest BCUT2D eigenvalue weighted by Gasteiger charge is -2.44. The van der Waals surface area contributed by atoms with E-state index in [-0.39, 0.29) is 47.7 Å². The van der Waals surface area contributed by atoms with E-state index in [0.29, 0.717) is 6.07 Å². The van der Waals surface area contributed by atoms with Gasteiger partial charge < -0.3 is 11.1 Å². The van der Waals surface area contributed by atoms with Crippen LogP contribution < -0.4 is 11.1 Å². The molecule has 0 atom stereocenters. The third-order valence-corrected chi connectivity index (χ3v) is 5.60. The molecule has 1 amide bonds. The lowest BCUT2D eigenvalue weighted by atomic mass is 9.65. The van der Waals surface area contributed by atoms with E-state index in [1.165, 1.54) is 36.5 Å². The minimum Gasteiger partial charge on any atom is -0.368 e. The summed E-state index contributed by atoms with van der Waals surface area (Å²) in [5.41, 5.74) is 3.23. The topological polar surface area (TPSA) is 93.8 Å². The molecule has 0 aliphatic heterocycles. The Kier molecular flexibility index (Phi) is 5.73. The number of nitrogens with zero attached hydrogens (tertiary/aromatic N) is 3. The third-order valence-electron chi connectivity index (χ3n) is 5.60. The summed E-state index contributed by atoms with van der Waals surface area (Å²) >= 11 is 0. The van der Waals surface area contributed by atoms with Crippen LogP contribution in [-0.2, 0) is 11.6 Å². The number of carbonyl (C=O) groups is 1. The van der Waals surface area contributed by atoms with Gasteiger partial charge in [0.15, 0.2) is 0 Å². The second-order valence-electron chi connectivity index (χ2n) is 7.94. The number of halogens is 5. The van der Waals surface area contributed by atoms with Crippen molar-refractivity contribution in [1.29, 1.82) is 0 Å². The van der Waals surface area contributed by atoms with Crippen molar-refractivity contribution in [3.05, 3.63) is 71.3 Å². The molecule has 1 aliphatic rings. The molecule has 0 bridgehead atoms. The number of anilines is 1. The van der Waals surface area contributed by atoms with Crippen LogP contribution in [0.15, 0.2) is 48.7 Å². The average molecular weight is 463 g/mol. The van der Waals surface area contributed by atoms with Crippen molar-refractivity contribution in [2.24, 2.45) is 5.73 Å². The Morgan fingerprint density at radius 2 is 1.91 bits per heavy atom. The molecule has 1 aromatic carbocycles. The number of hydrogen-bond acceptors (Lipinski definition) is 5. The maximum atomic E-state index is 14.3. The second kappa shape index (κ2) is 8.38. The Bertz CT molecular complexity index is 1180. The first kappa shape index (κ1) is 22.6. The monoisotopic (exact) mass is 463 g/mol. The van der Waals surface area contributed by atoms with Gasteiger partial charge in [0.25, 0.3) is 0 Å². The summed E-state index contributed by atoms with van der Waals surface area (Å²) in [6.07, 6.45) is -4.11. The zero-order valence-corrected chi connectivity index (χ0v) is 17.0. The van der Waals surface area contributed by atoms with Crippen LogP contribution in [0.3, 0.4) is 0 Å². The van der Waals surface area contributed by atoms with Crippen molar-refractivity contribution < 1.29 is 26.7 Å². The second-order valence-corrected chi connectivity index (χ2v) is 7.94. The fourth-order valence-electron chi connectivity index (χ4n) is 3.91. The Balaban J connectivity index is 1.55. The number of aromatic nitrogens is 3. The van der Waals surface area contributed by atoms with Gasteiger partial charge in [0.05, 0.1) is 17.0 Å². The standard InChI is InChI=1S/C22H18F5N5O/c23-15-9-21(10-15,19-16(24)2-1-5-29-19)11-30-18-4-3-17(31-32-18)12-6-13(20(28)33)8-14(7-12)22(25,26)27/h1-8,15H,9-11H2,(H2,28,33)(H,30,32). The number of benzene rings is 1. The Labute approximate surface area is 185 Å². The van der Waals surface area contributed by atoms with E-state index in [0.717, 1.165) is 6.07 Å². The average Bonchev–Trinajstić information content (AvgIpc) is 2.76. The van der Waals surface area contributed by atoms with E-state index < -0.39 is 35.1 Å². The number of nitrogens with two attached hydrogens (primary N) is 1. The van der Waals surface area contributed by atoms with E-state index in [1.807, 2.05) is 0 Å². The number of rotatable bonds is 6. The van der Waals surface area contributed by atoms with E-state index >= 15 is 0 Å². The summed E-state index contributed by atoms with van der Waals surface area (Å²) in [6.45, 7) is 0.144. The van der Waals surface area contributed by atoms with Gasteiger partial charge in [-0.05, 0) is 55.3 Å². The molecule has 2 heterocycles. The Morgan fingerprint density at radius 1 is 1.15 bits per heavy atom. The third kappa shape index (κ3) is 4.62. The minimum absolute atomic E-state index is 0.0176. The van der Waals surface area contributed by atoms with Crippen LogP contribution in [0.2, 0.25) is 0 Å². The fourth-order valence-corrected chi connectivity index (χ4v) is 3.91. The molecule has 11 heteroatoms. The molecular weight excluding hydrogens is 445 g/mol. The highest BCUT2D eigenvalue weighted by atomic mass is 19.4. The molecule has 1 saturated carbocycles. The zero-order chi connectivity index (χ0) is 23.8. The molecule has 172 valence electrons. The van der Waals surface area contributed by atoms with Crippen molar-refractivity contribution in [2.75, 3.05) is 11.9 Å². The van der Waals surface area contributed by atoms with Crippen LogP contribution in [0.5, 0.6) is 0 Å². The van der Waals surface area contributed by atoms with E-state index in [9.17, 15) is 26.7 Å². The predicted molar refractivity (Wildman–Crippen MR) is 109 cm³/mol. The zero-order valence-electron chi connectivity index (χ0n) is 17.0. The molecule has 2 aromatic heterocycles. The maximum Gasteiger partial charge on any atom is 0.416 e. The summed E-state index contributed by atoms with van der Waals surface area (Å²) in [6, 6.07) is 8.32. The molecular formula is C22H18F5N5O. The highest BCUT2D eigenvalue weighted by Crippen LogP contribution is 2.45. The highest BCUT2D eigenvalue weighted by molar-refractivity contribution is 5.94. The van der Waals surface area contributed by atoms with Gasteiger partial charge in [-0.15, -0.1) is 10.2 Å².